The molecule has 0 amide bonds. The van der Waals surface area contributed by atoms with Crippen LogP contribution in [0.1, 0.15) is 13.8 Å². The minimum Gasteiger partial charge on any atom is -0.489 e. The van der Waals surface area contributed by atoms with E-state index in [0.717, 1.165) is 11.4 Å². The van der Waals surface area contributed by atoms with Gasteiger partial charge in [0.05, 0.1) is 11.8 Å². The molecule has 1 aromatic carbocycles. The van der Waals surface area contributed by atoms with Gasteiger partial charge in [0.25, 0.3) is 0 Å². The molecular formula is C10H15NO. The molecule has 1 rings (SSSR count). The molecular weight excluding hydrogens is 150 g/mol. The molecule has 66 valence electrons. The van der Waals surface area contributed by atoms with Crippen LogP contribution in [-0.4, -0.2) is 13.2 Å². The summed E-state index contributed by atoms with van der Waals surface area (Å²) in [4.78, 5) is 0. The van der Waals surface area contributed by atoms with Gasteiger partial charge >= 0.3 is 0 Å². The van der Waals surface area contributed by atoms with E-state index in [1.807, 2.05) is 45.2 Å². The van der Waals surface area contributed by atoms with Gasteiger partial charge in [-0.1, -0.05) is 12.1 Å². The van der Waals surface area contributed by atoms with Crippen LogP contribution in [0.4, 0.5) is 5.69 Å². The first-order chi connectivity index (χ1) is 5.74. The lowest BCUT2D eigenvalue weighted by molar-refractivity contribution is 0.243. The van der Waals surface area contributed by atoms with Crippen molar-refractivity contribution in [2.24, 2.45) is 0 Å². The molecule has 2 nitrogen and oxygen atoms in total. The molecule has 0 saturated heterocycles. The van der Waals surface area contributed by atoms with Crippen molar-refractivity contribution < 1.29 is 4.74 Å². The van der Waals surface area contributed by atoms with Gasteiger partial charge < -0.3 is 10.1 Å². The fraction of sp³-hybridized carbons (Fsp3) is 0.400. The van der Waals surface area contributed by atoms with Crippen LogP contribution in [0.3, 0.4) is 0 Å². The Morgan fingerprint density at radius 2 is 1.92 bits per heavy atom. The van der Waals surface area contributed by atoms with Gasteiger partial charge in [-0.05, 0) is 26.0 Å². The molecule has 0 heterocycles. The lowest BCUT2D eigenvalue weighted by Crippen LogP contribution is -2.07. The molecule has 0 atom stereocenters. The third kappa shape index (κ3) is 2.16. The smallest absolute Gasteiger partial charge is 0.142 e. The quantitative estimate of drug-likeness (QED) is 0.743. The van der Waals surface area contributed by atoms with Gasteiger partial charge in [-0.25, -0.2) is 0 Å². The first kappa shape index (κ1) is 8.91. The molecule has 0 aliphatic rings. The molecule has 0 aromatic heterocycles. The Morgan fingerprint density at radius 1 is 1.25 bits per heavy atom. The summed E-state index contributed by atoms with van der Waals surface area (Å²) >= 11 is 0. The Morgan fingerprint density at radius 3 is 2.50 bits per heavy atom. The largest absolute Gasteiger partial charge is 0.489 e. The van der Waals surface area contributed by atoms with Gasteiger partial charge in [-0.2, -0.15) is 0 Å². The van der Waals surface area contributed by atoms with Crippen LogP contribution in [0, 0.1) is 0 Å². The Kier molecular flexibility index (Phi) is 2.97. The average molecular weight is 165 g/mol. The summed E-state index contributed by atoms with van der Waals surface area (Å²) in [6, 6.07) is 7.92. The van der Waals surface area contributed by atoms with E-state index >= 15 is 0 Å². The maximum absolute atomic E-state index is 5.57. The van der Waals surface area contributed by atoms with Crippen LogP contribution >= 0.6 is 0 Å². The molecule has 0 spiro atoms. The minimum atomic E-state index is 0.222. The fourth-order valence-corrected chi connectivity index (χ4v) is 1.03. The van der Waals surface area contributed by atoms with Crippen LogP contribution in [0.15, 0.2) is 24.3 Å². The van der Waals surface area contributed by atoms with Gasteiger partial charge in [0.2, 0.25) is 0 Å². The molecule has 12 heavy (non-hydrogen) atoms. The van der Waals surface area contributed by atoms with Gasteiger partial charge in [0.1, 0.15) is 5.75 Å². The summed E-state index contributed by atoms with van der Waals surface area (Å²) in [7, 11) is 1.89. The number of anilines is 1. The average Bonchev–Trinajstić information content (AvgIpc) is 2.04. The Balaban J connectivity index is 2.82. The van der Waals surface area contributed by atoms with Crippen LogP contribution < -0.4 is 10.1 Å². The molecule has 0 saturated carbocycles. The van der Waals surface area contributed by atoms with Crippen molar-refractivity contribution in [3.8, 4) is 5.75 Å². The highest BCUT2D eigenvalue weighted by Crippen LogP contribution is 2.23. The lowest BCUT2D eigenvalue weighted by Gasteiger charge is -2.13. The summed E-state index contributed by atoms with van der Waals surface area (Å²) in [6.07, 6.45) is 0.222. The van der Waals surface area contributed by atoms with E-state index in [-0.39, 0.29) is 6.10 Å². The van der Waals surface area contributed by atoms with Crippen LogP contribution in [0.2, 0.25) is 0 Å². The maximum atomic E-state index is 5.57. The van der Waals surface area contributed by atoms with Gasteiger partial charge in [-0.3, -0.25) is 0 Å². The topological polar surface area (TPSA) is 21.3 Å². The molecule has 0 unspecified atom stereocenters. The van der Waals surface area contributed by atoms with Crippen molar-refractivity contribution in [1.82, 2.24) is 0 Å². The van der Waals surface area contributed by atoms with Crippen LogP contribution in [-0.2, 0) is 0 Å². The molecule has 0 fully saturated rings. The highest BCUT2D eigenvalue weighted by molar-refractivity contribution is 5.55. The second-order valence-corrected chi connectivity index (χ2v) is 2.91. The lowest BCUT2D eigenvalue weighted by atomic mass is 10.3. The Labute approximate surface area is 73.6 Å². The molecule has 2 heteroatoms. The predicted molar refractivity (Wildman–Crippen MR) is 51.8 cm³/mol. The van der Waals surface area contributed by atoms with Crippen molar-refractivity contribution in [3.63, 3.8) is 0 Å². The van der Waals surface area contributed by atoms with E-state index in [1.165, 1.54) is 0 Å². The fourth-order valence-electron chi connectivity index (χ4n) is 1.03. The zero-order chi connectivity index (χ0) is 8.97. The van der Waals surface area contributed by atoms with Crippen LogP contribution in [0.25, 0.3) is 0 Å². The normalized spacial score (nSPS) is 10.0. The summed E-state index contributed by atoms with van der Waals surface area (Å²) in [5.41, 5.74) is 1.03. The molecule has 0 aliphatic carbocycles. The van der Waals surface area contributed by atoms with E-state index in [0.29, 0.717) is 0 Å². The van der Waals surface area contributed by atoms with Gasteiger partial charge in [0.15, 0.2) is 0 Å². The predicted octanol–water partition coefficient (Wildman–Crippen LogP) is 2.52. The van der Waals surface area contributed by atoms with Crippen molar-refractivity contribution >= 4 is 5.69 Å². The van der Waals surface area contributed by atoms with E-state index in [2.05, 4.69) is 5.32 Å². The van der Waals surface area contributed by atoms with Crippen molar-refractivity contribution in [2.75, 3.05) is 12.4 Å². The summed E-state index contributed by atoms with van der Waals surface area (Å²) in [5.74, 6) is 0.912. The number of nitrogens with one attached hydrogen (secondary N) is 1. The molecule has 0 bridgehead atoms. The third-order valence-electron chi connectivity index (χ3n) is 1.52. The first-order valence-electron chi connectivity index (χ1n) is 4.17. The zero-order valence-electron chi connectivity index (χ0n) is 7.79. The van der Waals surface area contributed by atoms with E-state index in [1.54, 1.807) is 0 Å². The molecule has 1 N–H and O–H groups in total. The molecule has 0 radical (unpaired) electrons. The summed E-state index contributed by atoms with van der Waals surface area (Å²) < 4.78 is 5.57. The number of rotatable bonds is 3. The molecule has 1 aromatic rings. The minimum absolute atomic E-state index is 0.222. The number of ether oxygens (including phenoxy) is 1. The first-order valence-corrected chi connectivity index (χ1v) is 4.17. The third-order valence-corrected chi connectivity index (χ3v) is 1.52. The highest BCUT2D eigenvalue weighted by Gasteiger charge is 2.01. The monoisotopic (exact) mass is 165 g/mol. The number of benzene rings is 1. The van der Waals surface area contributed by atoms with Crippen molar-refractivity contribution in [3.05, 3.63) is 24.3 Å². The van der Waals surface area contributed by atoms with Crippen molar-refractivity contribution in [2.45, 2.75) is 20.0 Å². The zero-order valence-corrected chi connectivity index (χ0v) is 7.79. The maximum Gasteiger partial charge on any atom is 0.142 e. The van der Waals surface area contributed by atoms with Crippen LogP contribution in [0.5, 0.6) is 5.75 Å². The molecule has 0 aliphatic heterocycles. The van der Waals surface area contributed by atoms with Crippen molar-refractivity contribution in [1.29, 1.82) is 0 Å². The number of hydrogen-bond acceptors (Lipinski definition) is 2. The second-order valence-electron chi connectivity index (χ2n) is 2.91. The number of para-hydroxylation sites is 2. The SMILES string of the molecule is CNc1ccccc1OC(C)C. The Hall–Kier alpha value is -1.18. The van der Waals surface area contributed by atoms with Gasteiger partial charge in [-0.15, -0.1) is 0 Å². The Bertz CT molecular complexity index is 245. The van der Waals surface area contributed by atoms with E-state index in [4.69, 9.17) is 4.74 Å². The standard InChI is InChI=1S/C10H15NO/c1-8(2)12-10-7-5-4-6-9(10)11-3/h4-8,11H,1-3H3. The van der Waals surface area contributed by atoms with E-state index < -0.39 is 0 Å². The summed E-state index contributed by atoms with van der Waals surface area (Å²) in [5, 5.41) is 3.08. The highest BCUT2D eigenvalue weighted by atomic mass is 16.5. The number of hydrogen-bond donors (Lipinski definition) is 1. The van der Waals surface area contributed by atoms with E-state index in [9.17, 15) is 0 Å². The summed E-state index contributed by atoms with van der Waals surface area (Å²) in [6.45, 7) is 4.04. The second kappa shape index (κ2) is 4.00. The van der Waals surface area contributed by atoms with Gasteiger partial charge in [0, 0.05) is 7.05 Å².